The molecule has 0 aliphatic carbocycles. The predicted molar refractivity (Wildman–Crippen MR) is 58.7 cm³/mol. The maximum absolute atomic E-state index is 10.8. The van der Waals surface area contributed by atoms with Gasteiger partial charge in [0, 0.05) is 18.4 Å². The van der Waals surface area contributed by atoms with Crippen molar-refractivity contribution in [1.29, 1.82) is 0 Å². The Morgan fingerprint density at radius 1 is 1.36 bits per heavy atom. The number of alkyl halides is 1. The zero-order valence-electron chi connectivity index (χ0n) is 7.69. The van der Waals surface area contributed by atoms with Crippen LogP contribution < -0.4 is 0 Å². The van der Waals surface area contributed by atoms with E-state index in [1.807, 2.05) is 30.3 Å². The van der Waals surface area contributed by atoms with Gasteiger partial charge in [-0.05, 0) is 5.56 Å². The van der Waals surface area contributed by atoms with E-state index < -0.39 is 6.09 Å². The minimum atomic E-state index is -0.881. The minimum Gasteiger partial charge on any atom is -0.465 e. The molecule has 1 N–H and O–H groups in total. The first-order valence-corrected chi connectivity index (χ1v) is 5.44. The molecule has 14 heavy (non-hydrogen) atoms. The molecule has 0 saturated carbocycles. The van der Waals surface area contributed by atoms with Gasteiger partial charge in [0.25, 0.3) is 0 Å². The van der Waals surface area contributed by atoms with E-state index in [0.29, 0.717) is 18.4 Å². The molecule has 0 bridgehead atoms. The van der Waals surface area contributed by atoms with E-state index >= 15 is 0 Å². The van der Waals surface area contributed by atoms with Crippen LogP contribution in [0.3, 0.4) is 0 Å². The normalized spacial score (nSPS) is 9.79. The van der Waals surface area contributed by atoms with Crippen LogP contribution in [0.15, 0.2) is 30.3 Å². The quantitative estimate of drug-likeness (QED) is 0.843. The number of carbonyl (C=O) groups is 1. The van der Waals surface area contributed by atoms with E-state index in [0.717, 1.165) is 5.56 Å². The number of amides is 1. The van der Waals surface area contributed by atoms with Crippen molar-refractivity contribution in [2.45, 2.75) is 6.54 Å². The average Bonchev–Trinajstić information content (AvgIpc) is 2.18. The highest BCUT2D eigenvalue weighted by molar-refractivity contribution is 9.09. The molecule has 0 heterocycles. The van der Waals surface area contributed by atoms with E-state index in [9.17, 15) is 4.79 Å². The molecular formula is C10H12BrNO2. The molecule has 1 amide bonds. The SMILES string of the molecule is O=C(O)N(CCBr)Cc1ccccc1. The van der Waals surface area contributed by atoms with Crippen LogP contribution in [0.2, 0.25) is 0 Å². The van der Waals surface area contributed by atoms with Crippen molar-refractivity contribution in [3.05, 3.63) is 35.9 Å². The van der Waals surface area contributed by atoms with E-state index in [-0.39, 0.29) is 0 Å². The van der Waals surface area contributed by atoms with Crippen LogP contribution in [0, 0.1) is 0 Å². The van der Waals surface area contributed by atoms with Crippen molar-refractivity contribution in [2.24, 2.45) is 0 Å². The first-order valence-electron chi connectivity index (χ1n) is 4.32. The van der Waals surface area contributed by atoms with Crippen molar-refractivity contribution < 1.29 is 9.90 Å². The molecule has 0 fully saturated rings. The van der Waals surface area contributed by atoms with Crippen molar-refractivity contribution in [3.63, 3.8) is 0 Å². The summed E-state index contributed by atoms with van der Waals surface area (Å²) in [4.78, 5) is 12.2. The molecule has 0 unspecified atom stereocenters. The fraction of sp³-hybridized carbons (Fsp3) is 0.300. The van der Waals surface area contributed by atoms with Gasteiger partial charge in [-0.1, -0.05) is 46.3 Å². The van der Waals surface area contributed by atoms with E-state index in [1.54, 1.807) is 0 Å². The fourth-order valence-electron chi connectivity index (χ4n) is 1.15. The molecule has 4 heteroatoms. The van der Waals surface area contributed by atoms with Crippen LogP contribution >= 0.6 is 15.9 Å². The van der Waals surface area contributed by atoms with E-state index in [4.69, 9.17) is 5.11 Å². The van der Waals surface area contributed by atoms with Gasteiger partial charge in [0.05, 0.1) is 0 Å². The smallest absolute Gasteiger partial charge is 0.407 e. The predicted octanol–water partition coefficient (Wildman–Crippen LogP) is 2.56. The van der Waals surface area contributed by atoms with Crippen LogP contribution in [-0.4, -0.2) is 28.0 Å². The summed E-state index contributed by atoms with van der Waals surface area (Å²) in [6, 6.07) is 9.57. The first kappa shape index (κ1) is 11.0. The van der Waals surface area contributed by atoms with E-state index in [2.05, 4.69) is 15.9 Å². The summed E-state index contributed by atoms with van der Waals surface area (Å²) in [5.74, 6) is 0. The van der Waals surface area contributed by atoms with Crippen molar-refractivity contribution in [3.8, 4) is 0 Å². The summed E-state index contributed by atoms with van der Waals surface area (Å²) in [5.41, 5.74) is 1.01. The van der Waals surface area contributed by atoms with Crippen molar-refractivity contribution in [2.75, 3.05) is 11.9 Å². The van der Waals surface area contributed by atoms with Gasteiger partial charge in [0.2, 0.25) is 0 Å². The lowest BCUT2D eigenvalue weighted by Crippen LogP contribution is -2.30. The summed E-state index contributed by atoms with van der Waals surface area (Å²) in [6.45, 7) is 0.950. The van der Waals surface area contributed by atoms with Crippen LogP contribution in [0.25, 0.3) is 0 Å². The number of carboxylic acid groups (broad SMARTS) is 1. The zero-order chi connectivity index (χ0) is 10.4. The summed E-state index contributed by atoms with van der Waals surface area (Å²) < 4.78 is 0. The van der Waals surface area contributed by atoms with Gasteiger partial charge in [-0.15, -0.1) is 0 Å². The Kier molecular flexibility index (Phi) is 4.46. The third-order valence-corrected chi connectivity index (χ3v) is 2.20. The Labute approximate surface area is 91.5 Å². The number of nitrogens with zero attached hydrogens (tertiary/aromatic N) is 1. The average molecular weight is 258 g/mol. The van der Waals surface area contributed by atoms with Gasteiger partial charge < -0.3 is 10.0 Å². The number of halogens is 1. The second-order valence-electron chi connectivity index (χ2n) is 2.88. The highest BCUT2D eigenvalue weighted by atomic mass is 79.9. The van der Waals surface area contributed by atoms with Crippen LogP contribution in [0.1, 0.15) is 5.56 Å². The lowest BCUT2D eigenvalue weighted by Gasteiger charge is -2.17. The lowest BCUT2D eigenvalue weighted by atomic mass is 10.2. The Hall–Kier alpha value is -1.03. The topological polar surface area (TPSA) is 40.5 Å². The number of rotatable bonds is 4. The maximum Gasteiger partial charge on any atom is 0.407 e. The highest BCUT2D eigenvalue weighted by Gasteiger charge is 2.10. The monoisotopic (exact) mass is 257 g/mol. The number of benzene rings is 1. The molecule has 0 aromatic heterocycles. The Balaban J connectivity index is 2.60. The first-order chi connectivity index (χ1) is 6.74. The molecule has 0 radical (unpaired) electrons. The Morgan fingerprint density at radius 2 is 2.00 bits per heavy atom. The second-order valence-corrected chi connectivity index (χ2v) is 3.67. The minimum absolute atomic E-state index is 0.446. The molecule has 0 aliphatic rings. The van der Waals surface area contributed by atoms with Crippen LogP contribution in [0.4, 0.5) is 4.79 Å². The van der Waals surface area contributed by atoms with Gasteiger partial charge in [-0.2, -0.15) is 0 Å². The number of hydrogen-bond donors (Lipinski definition) is 1. The largest absolute Gasteiger partial charge is 0.465 e. The third-order valence-electron chi connectivity index (χ3n) is 1.84. The standard InChI is InChI=1S/C10H12BrNO2/c11-6-7-12(10(13)14)8-9-4-2-1-3-5-9/h1-5H,6-8H2,(H,13,14). The second kappa shape index (κ2) is 5.65. The van der Waals surface area contributed by atoms with Crippen LogP contribution in [0.5, 0.6) is 0 Å². The molecule has 1 aromatic rings. The molecule has 3 nitrogen and oxygen atoms in total. The van der Waals surface area contributed by atoms with Gasteiger partial charge >= 0.3 is 6.09 Å². The zero-order valence-corrected chi connectivity index (χ0v) is 9.27. The Morgan fingerprint density at radius 3 is 2.50 bits per heavy atom. The molecule has 0 aliphatic heterocycles. The summed E-state index contributed by atoms with van der Waals surface area (Å²) in [6.07, 6.45) is -0.881. The van der Waals surface area contributed by atoms with E-state index in [1.165, 1.54) is 4.90 Å². The summed E-state index contributed by atoms with van der Waals surface area (Å²) in [5, 5.41) is 9.53. The number of hydrogen-bond acceptors (Lipinski definition) is 1. The summed E-state index contributed by atoms with van der Waals surface area (Å²) >= 11 is 3.23. The Bertz CT molecular complexity index is 289. The molecule has 76 valence electrons. The van der Waals surface area contributed by atoms with Crippen molar-refractivity contribution >= 4 is 22.0 Å². The summed E-state index contributed by atoms with van der Waals surface area (Å²) in [7, 11) is 0. The van der Waals surface area contributed by atoms with Gasteiger partial charge in [0.15, 0.2) is 0 Å². The van der Waals surface area contributed by atoms with Gasteiger partial charge in [-0.25, -0.2) is 4.79 Å². The molecule has 1 aromatic carbocycles. The van der Waals surface area contributed by atoms with Gasteiger partial charge in [0.1, 0.15) is 0 Å². The maximum atomic E-state index is 10.8. The molecule has 0 saturated heterocycles. The molecular weight excluding hydrogens is 246 g/mol. The lowest BCUT2D eigenvalue weighted by molar-refractivity contribution is 0.145. The molecule has 0 atom stereocenters. The molecule has 1 rings (SSSR count). The molecule has 0 spiro atoms. The van der Waals surface area contributed by atoms with Gasteiger partial charge in [-0.3, -0.25) is 0 Å². The van der Waals surface area contributed by atoms with Crippen LogP contribution in [-0.2, 0) is 6.54 Å². The van der Waals surface area contributed by atoms with Crippen molar-refractivity contribution in [1.82, 2.24) is 4.90 Å². The highest BCUT2D eigenvalue weighted by Crippen LogP contribution is 2.04. The fourth-order valence-corrected chi connectivity index (χ4v) is 1.58. The third kappa shape index (κ3) is 3.38.